The van der Waals surface area contributed by atoms with Crippen molar-refractivity contribution >= 4 is 23.2 Å². The first-order valence-electron chi connectivity index (χ1n) is 7.89. The molecule has 0 saturated heterocycles. The maximum absolute atomic E-state index is 12.5. The van der Waals surface area contributed by atoms with Gasteiger partial charge in [-0.3, -0.25) is 9.59 Å². The van der Waals surface area contributed by atoms with Crippen LogP contribution in [0.1, 0.15) is 24.3 Å². The zero-order valence-electron chi connectivity index (χ0n) is 13.5. The molecule has 0 heterocycles. The molecule has 0 spiro atoms. The zero-order valence-corrected chi connectivity index (χ0v) is 15.3. The van der Waals surface area contributed by atoms with Gasteiger partial charge in [-0.1, -0.05) is 23.7 Å². The van der Waals surface area contributed by atoms with Gasteiger partial charge >= 0.3 is 17.1 Å². The van der Waals surface area contributed by atoms with Crippen molar-refractivity contribution in [3.8, 4) is 0 Å². The number of hydrogen-bond acceptors (Lipinski definition) is 2. The summed E-state index contributed by atoms with van der Waals surface area (Å²) in [7, 11) is 0. The summed E-state index contributed by atoms with van der Waals surface area (Å²) in [6, 6.07) is 7.38. The van der Waals surface area contributed by atoms with Gasteiger partial charge in [-0.25, -0.2) is 0 Å². The molecule has 2 nitrogen and oxygen atoms in total. The van der Waals surface area contributed by atoms with E-state index < -0.39 is 0 Å². The minimum Gasteiger partial charge on any atom is -0.299 e. The quantitative estimate of drug-likeness (QED) is 0.653. The van der Waals surface area contributed by atoms with E-state index in [0.29, 0.717) is 29.7 Å². The first-order valence-corrected chi connectivity index (χ1v) is 8.26. The third-order valence-electron chi connectivity index (χ3n) is 4.17. The third kappa shape index (κ3) is 5.67. The Kier molecular flexibility index (Phi) is 8.19. The van der Waals surface area contributed by atoms with Gasteiger partial charge in [0, 0.05) is 29.7 Å². The van der Waals surface area contributed by atoms with E-state index in [1.54, 1.807) is 37.8 Å². The van der Waals surface area contributed by atoms with Crippen LogP contribution in [0.3, 0.4) is 0 Å². The molecular formula is C21H17ClFeO2+2. The fourth-order valence-electron chi connectivity index (χ4n) is 2.85. The summed E-state index contributed by atoms with van der Waals surface area (Å²) in [5, 5.41) is 0.641. The van der Waals surface area contributed by atoms with Crippen molar-refractivity contribution in [2.45, 2.75) is 18.8 Å². The number of hydrogen-bond donors (Lipinski definition) is 0. The summed E-state index contributed by atoms with van der Waals surface area (Å²) in [6.07, 6.45) is 15.2. The van der Waals surface area contributed by atoms with Gasteiger partial charge in [0.05, 0.1) is 0 Å². The second-order valence-corrected chi connectivity index (χ2v) is 6.29. The van der Waals surface area contributed by atoms with Crippen LogP contribution in [-0.4, -0.2) is 11.6 Å². The Morgan fingerprint density at radius 2 is 1.16 bits per heavy atom. The van der Waals surface area contributed by atoms with Crippen LogP contribution in [0.2, 0.25) is 5.02 Å². The molecule has 126 valence electrons. The van der Waals surface area contributed by atoms with E-state index in [4.69, 9.17) is 11.6 Å². The van der Waals surface area contributed by atoms with E-state index in [1.165, 1.54) is 0 Å². The van der Waals surface area contributed by atoms with E-state index in [1.807, 2.05) is 37.8 Å². The molecule has 25 heavy (non-hydrogen) atoms. The molecule has 2 saturated carbocycles. The summed E-state index contributed by atoms with van der Waals surface area (Å²) in [6.45, 7) is 0. The van der Waals surface area contributed by atoms with Gasteiger partial charge in [0.15, 0.2) is 0 Å². The van der Waals surface area contributed by atoms with Crippen molar-refractivity contribution < 1.29 is 26.7 Å². The van der Waals surface area contributed by atoms with Crippen LogP contribution < -0.4 is 0 Å². The summed E-state index contributed by atoms with van der Waals surface area (Å²) in [5.41, 5.74) is 0.958. The number of ketones is 2. The molecule has 2 aliphatic rings. The molecule has 0 bridgehead atoms. The van der Waals surface area contributed by atoms with Crippen molar-refractivity contribution in [3.05, 3.63) is 98.1 Å². The van der Waals surface area contributed by atoms with E-state index in [-0.39, 0.29) is 34.6 Å². The van der Waals surface area contributed by atoms with Crippen LogP contribution in [-0.2, 0) is 26.7 Å². The minimum absolute atomic E-state index is 0. The Labute approximate surface area is 166 Å². The third-order valence-corrected chi connectivity index (χ3v) is 4.43. The smallest absolute Gasteiger partial charge is 0.299 e. The Hall–Kier alpha value is -0.631. The topological polar surface area (TPSA) is 34.1 Å². The van der Waals surface area contributed by atoms with Crippen LogP contribution in [0.25, 0.3) is 0 Å². The second kappa shape index (κ2) is 9.90. The molecule has 2 aliphatic carbocycles. The van der Waals surface area contributed by atoms with Gasteiger partial charge in [-0.2, -0.15) is 0 Å². The molecule has 0 aromatic heterocycles. The summed E-state index contributed by atoms with van der Waals surface area (Å²) in [5.74, 6) is 1.32. The van der Waals surface area contributed by atoms with Gasteiger partial charge in [-0.15, -0.1) is 0 Å². The average Bonchev–Trinajstić information content (AvgIpc) is 3.28. The molecule has 3 rings (SSSR count). The number of benzene rings is 1. The second-order valence-electron chi connectivity index (χ2n) is 5.85. The van der Waals surface area contributed by atoms with Crippen molar-refractivity contribution in [2.24, 2.45) is 0 Å². The predicted molar refractivity (Wildman–Crippen MR) is 94.3 cm³/mol. The van der Waals surface area contributed by atoms with E-state index in [9.17, 15) is 9.59 Å². The molecule has 0 aliphatic heterocycles. The van der Waals surface area contributed by atoms with Gasteiger partial charge in [0.25, 0.3) is 0 Å². The van der Waals surface area contributed by atoms with E-state index in [0.717, 1.165) is 5.56 Å². The number of Topliss-reactive ketones (excluding diaryl/α,β-unsaturated/α-hetero) is 2. The maximum Gasteiger partial charge on any atom is 2.00 e. The zero-order chi connectivity index (χ0) is 16.9. The van der Waals surface area contributed by atoms with Gasteiger partial charge < -0.3 is 0 Å². The summed E-state index contributed by atoms with van der Waals surface area (Å²) >= 11 is 5.96. The fourth-order valence-corrected chi connectivity index (χ4v) is 2.97. The molecule has 0 N–H and O–H groups in total. The molecule has 1 aromatic carbocycles. The molecule has 10 radical (unpaired) electrons. The van der Waals surface area contributed by atoms with Crippen LogP contribution in [0.5, 0.6) is 0 Å². The maximum atomic E-state index is 12.5. The SMILES string of the molecule is O=C(CC(CC(=O)[C]1[CH][CH][CH][CH]1)c1ccc(Cl)cc1)[C]1[CH][CH][CH][CH]1.[Fe+2]. The van der Waals surface area contributed by atoms with Crippen molar-refractivity contribution in [1.29, 1.82) is 0 Å². The standard InChI is InChI=1S/C21H17ClO2.Fe/c22-19-11-9-15(10-12-19)18(13-20(23)16-5-1-2-6-16)14-21(24)17-7-3-4-8-17;/h1-12,18H,13-14H2;/q;+2. The van der Waals surface area contributed by atoms with Gasteiger partial charge in [-0.05, 0) is 75.0 Å². The Bertz CT molecular complexity index is 542. The van der Waals surface area contributed by atoms with Crippen molar-refractivity contribution in [1.82, 2.24) is 0 Å². The van der Waals surface area contributed by atoms with Crippen LogP contribution in [0.15, 0.2) is 24.3 Å². The predicted octanol–water partition coefficient (Wildman–Crippen LogP) is 4.15. The summed E-state index contributed by atoms with van der Waals surface area (Å²) in [4.78, 5) is 25.0. The fraction of sp³-hybridized carbons (Fsp3) is 0.143. The molecule has 0 atom stereocenters. The molecule has 0 amide bonds. The van der Waals surface area contributed by atoms with Crippen molar-refractivity contribution in [3.63, 3.8) is 0 Å². The number of halogens is 1. The number of carbonyl (C=O) groups excluding carboxylic acids is 2. The van der Waals surface area contributed by atoms with Crippen LogP contribution in [0.4, 0.5) is 0 Å². The first-order chi connectivity index (χ1) is 11.6. The largest absolute Gasteiger partial charge is 2.00 e. The van der Waals surface area contributed by atoms with E-state index in [2.05, 4.69) is 0 Å². The average molecular weight is 393 g/mol. The van der Waals surface area contributed by atoms with Gasteiger partial charge in [0.2, 0.25) is 0 Å². The number of carbonyl (C=O) groups is 2. The Morgan fingerprint density at radius 1 is 0.760 bits per heavy atom. The molecule has 2 fully saturated rings. The molecule has 4 heteroatoms. The Morgan fingerprint density at radius 3 is 1.56 bits per heavy atom. The van der Waals surface area contributed by atoms with E-state index >= 15 is 0 Å². The minimum atomic E-state index is -0.160. The molecule has 1 aromatic rings. The van der Waals surface area contributed by atoms with Crippen molar-refractivity contribution in [2.75, 3.05) is 0 Å². The first kappa shape index (κ1) is 20.7. The molecule has 0 unspecified atom stereocenters. The van der Waals surface area contributed by atoms with Gasteiger partial charge in [0.1, 0.15) is 11.6 Å². The summed E-state index contributed by atoms with van der Waals surface area (Å²) < 4.78 is 0. The molecular weight excluding hydrogens is 376 g/mol. The normalized spacial score (nSPS) is 18.5. The monoisotopic (exact) mass is 392 g/mol. The van der Waals surface area contributed by atoms with Crippen LogP contribution in [0, 0.1) is 63.2 Å². The number of rotatable bonds is 7. The Balaban J connectivity index is 0.00000225. The van der Waals surface area contributed by atoms with Crippen LogP contribution >= 0.6 is 11.6 Å².